The van der Waals surface area contributed by atoms with E-state index in [9.17, 15) is 9.59 Å². The van der Waals surface area contributed by atoms with E-state index >= 15 is 0 Å². The molecule has 0 aliphatic heterocycles. The first-order chi connectivity index (χ1) is 4.39. The van der Waals surface area contributed by atoms with Crippen molar-refractivity contribution in [2.24, 2.45) is 11.3 Å². The van der Waals surface area contributed by atoms with E-state index in [-0.39, 0.29) is 0 Å². The largest absolute Gasteiger partial charge is 0.481 e. The Bertz CT molecular complexity index is 143. The summed E-state index contributed by atoms with van der Waals surface area (Å²) in [5.41, 5.74) is -0.479. The van der Waals surface area contributed by atoms with Crippen LogP contribution >= 0.6 is 0 Å². The highest BCUT2D eigenvalue weighted by atomic mass is 16.4. The minimum atomic E-state index is -1.05. The number of carbonyl (C=O) groups is 2. The van der Waals surface area contributed by atoms with Crippen LogP contribution in [0.3, 0.4) is 0 Å². The van der Waals surface area contributed by atoms with E-state index < -0.39 is 17.3 Å². The minimum Gasteiger partial charge on any atom is -0.481 e. The maximum atomic E-state index is 10.3. The van der Waals surface area contributed by atoms with E-state index in [0.717, 1.165) is 0 Å². The van der Waals surface area contributed by atoms with Gasteiger partial charge in [-0.25, -0.2) is 0 Å². The van der Waals surface area contributed by atoms with Crippen molar-refractivity contribution in [1.29, 1.82) is 0 Å². The third kappa shape index (κ3) is 2.17. The molecule has 0 aliphatic rings. The summed E-state index contributed by atoms with van der Waals surface area (Å²) in [6.07, 6.45) is 0.475. The standard InChI is InChI=1S/C7H12O3/c1-7(2,3)5(4-8)6(9)10/h4-5H,1-3H3,(H,9,10). The molecule has 0 bridgehead atoms. The number of aliphatic carboxylic acids is 1. The molecule has 0 radical (unpaired) electrons. The molecule has 0 aromatic heterocycles. The lowest BCUT2D eigenvalue weighted by Gasteiger charge is -2.21. The van der Waals surface area contributed by atoms with Crippen molar-refractivity contribution in [2.75, 3.05) is 0 Å². The Morgan fingerprint density at radius 3 is 1.90 bits per heavy atom. The first-order valence-electron chi connectivity index (χ1n) is 3.07. The van der Waals surface area contributed by atoms with Gasteiger partial charge in [0.15, 0.2) is 0 Å². The molecule has 0 aromatic carbocycles. The van der Waals surface area contributed by atoms with Gasteiger partial charge in [0.25, 0.3) is 0 Å². The van der Waals surface area contributed by atoms with Gasteiger partial charge >= 0.3 is 5.97 Å². The van der Waals surface area contributed by atoms with Gasteiger partial charge in [0.2, 0.25) is 0 Å². The van der Waals surface area contributed by atoms with Crippen LogP contribution in [0.5, 0.6) is 0 Å². The molecule has 0 saturated heterocycles. The highest BCUT2D eigenvalue weighted by Crippen LogP contribution is 2.23. The molecule has 0 spiro atoms. The SMILES string of the molecule is CC(C)(C)C(C=O)C(=O)O. The van der Waals surface area contributed by atoms with Crippen LogP contribution in [0.25, 0.3) is 0 Å². The molecule has 0 aliphatic carbocycles. The summed E-state index contributed by atoms with van der Waals surface area (Å²) in [4.78, 5) is 20.6. The number of carbonyl (C=O) groups excluding carboxylic acids is 1. The average molecular weight is 144 g/mol. The topological polar surface area (TPSA) is 54.4 Å². The Hall–Kier alpha value is -0.860. The van der Waals surface area contributed by atoms with Gasteiger partial charge in [0, 0.05) is 0 Å². The van der Waals surface area contributed by atoms with E-state index in [1.807, 2.05) is 0 Å². The van der Waals surface area contributed by atoms with Gasteiger partial charge < -0.3 is 9.90 Å². The number of aldehydes is 1. The van der Waals surface area contributed by atoms with Crippen LogP contribution in [0.1, 0.15) is 20.8 Å². The molecule has 3 nitrogen and oxygen atoms in total. The predicted octanol–water partition coefficient (Wildman–Crippen LogP) is 0.932. The Labute approximate surface area is 60.0 Å². The monoisotopic (exact) mass is 144 g/mol. The van der Waals surface area contributed by atoms with E-state index in [1.54, 1.807) is 20.8 Å². The summed E-state index contributed by atoms with van der Waals surface area (Å²) in [5, 5.41) is 8.48. The van der Waals surface area contributed by atoms with Crippen LogP contribution < -0.4 is 0 Å². The van der Waals surface area contributed by atoms with Crippen LogP contribution in [0, 0.1) is 11.3 Å². The predicted molar refractivity (Wildman–Crippen MR) is 36.6 cm³/mol. The second-order valence-electron chi connectivity index (χ2n) is 3.32. The molecule has 0 heterocycles. The number of hydrogen-bond donors (Lipinski definition) is 1. The van der Waals surface area contributed by atoms with Crippen molar-refractivity contribution in [3.63, 3.8) is 0 Å². The van der Waals surface area contributed by atoms with Gasteiger partial charge in [-0.2, -0.15) is 0 Å². The Kier molecular flexibility index (Phi) is 2.57. The Balaban J connectivity index is 4.36. The molecule has 0 aromatic rings. The third-order valence-electron chi connectivity index (χ3n) is 1.34. The summed E-state index contributed by atoms with van der Waals surface area (Å²) >= 11 is 0. The van der Waals surface area contributed by atoms with Crippen molar-refractivity contribution in [2.45, 2.75) is 20.8 Å². The maximum Gasteiger partial charge on any atom is 0.314 e. The van der Waals surface area contributed by atoms with Crippen LogP contribution in [-0.4, -0.2) is 17.4 Å². The van der Waals surface area contributed by atoms with Crippen LogP contribution in [-0.2, 0) is 9.59 Å². The molecular formula is C7H12O3. The number of hydrogen-bond acceptors (Lipinski definition) is 2. The van der Waals surface area contributed by atoms with Crippen LogP contribution in [0.4, 0.5) is 0 Å². The van der Waals surface area contributed by atoms with Crippen molar-refractivity contribution < 1.29 is 14.7 Å². The fourth-order valence-electron chi connectivity index (χ4n) is 0.633. The Morgan fingerprint density at radius 1 is 1.50 bits per heavy atom. The third-order valence-corrected chi connectivity index (χ3v) is 1.34. The van der Waals surface area contributed by atoms with Crippen molar-refractivity contribution >= 4 is 12.3 Å². The van der Waals surface area contributed by atoms with Crippen LogP contribution in [0.2, 0.25) is 0 Å². The lowest BCUT2D eigenvalue weighted by molar-refractivity contribution is -0.147. The molecule has 1 unspecified atom stereocenters. The first-order valence-corrected chi connectivity index (χ1v) is 3.07. The van der Waals surface area contributed by atoms with E-state index in [2.05, 4.69) is 0 Å². The fourth-order valence-corrected chi connectivity index (χ4v) is 0.633. The molecule has 0 amide bonds. The molecule has 0 rings (SSSR count). The highest BCUT2D eigenvalue weighted by Gasteiger charge is 2.30. The van der Waals surface area contributed by atoms with Gasteiger partial charge in [-0.3, -0.25) is 4.79 Å². The smallest absolute Gasteiger partial charge is 0.314 e. The summed E-state index contributed by atoms with van der Waals surface area (Å²) in [7, 11) is 0. The van der Waals surface area contributed by atoms with Crippen LogP contribution in [0.15, 0.2) is 0 Å². The Morgan fingerprint density at radius 2 is 1.90 bits per heavy atom. The average Bonchev–Trinajstić information content (AvgIpc) is 1.60. The summed E-state index contributed by atoms with van der Waals surface area (Å²) in [6.45, 7) is 5.17. The molecule has 58 valence electrons. The van der Waals surface area contributed by atoms with E-state index in [0.29, 0.717) is 6.29 Å². The fraction of sp³-hybridized carbons (Fsp3) is 0.714. The van der Waals surface area contributed by atoms with E-state index in [1.165, 1.54) is 0 Å². The summed E-state index contributed by atoms with van der Waals surface area (Å²) in [5.74, 6) is -1.95. The van der Waals surface area contributed by atoms with Gasteiger partial charge in [-0.15, -0.1) is 0 Å². The lowest BCUT2D eigenvalue weighted by atomic mass is 9.82. The molecule has 0 fully saturated rings. The van der Waals surface area contributed by atoms with Crippen molar-refractivity contribution in [3.8, 4) is 0 Å². The summed E-state index contributed by atoms with van der Waals surface area (Å²) in [6, 6.07) is 0. The second-order valence-corrected chi connectivity index (χ2v) is 3.32. The first kappa shape index (κ1) is 9.14. The normalized spacial score (nSPS) is 14.3. The number of carboxylic acid groups (broad SMARTS) is 1. The summed E-state index contributed by atoms with van der Waals surface area (Å²) < 4.78 is 0. The van der Waals surface area contributed by atoms with Crippen molar-refractivity contribution in [1.82, 2.24) is 0 Å². The van der Waals surface area contributed by atoms with Crippen molar-refractivity contribution in [3.05, 3.63) is 0 Å². The molecule has 1 N–H and O–H groups in total. The zero-order valence-corrected chi connectivity index (χ0v) is 6.42. The zero-order chi connectivity index (χ0) is 8.36. The number of carboxylic acids is 1. The van der Waals surface area contributed by atoms with Gasteiger partial charge in [-0.05, 0) is 5.41 Å². The van der Waals surface area contributed by atoms with Gasteiger partial charge in [-0.1, -0.05) is 20.8 Å². The van der Waals surface area contributed by atoms with Gasteiger partial charge in [0.1, 0.15) is 12.2 Å². The molecule has 3 heteroatoms. The highest BCUT2D eigenvalue weighted by molar-refractivity contribution is 5.87. The molecule has 10 heavy (non-hydrogen) atoms. The van der Waals surface area contributed by atoms with Gasteiger partial charge in [0.05, 0.1) is 0 Å². The lowest BCUT2D eigenvalue weighted by Crippen LogP contribution is -2.29. The molecule has 1 atom stereocenters. The quantitative estimate of drug-likeness (QED) is 0.463. The van der Waals surface area contributed by atoms with E-state index in [4.69, 9.17) is 5.11 Å². The number of rotatable bonds is 2. The second kappa shape index (κ2) is 2.82. The molecular weight excluding hydrogens is 132 g/mol. The molecule has 0 saturated carbocycles. The maximum absolute atomic E-state index is 10.3. The zero-order valence-electron chi connectivity index (χ0n) is 6.42. The minimum absolute atomic E-state index is 0.475.